The van der Waals surface area contributed by atoms with Gasteiger partial charge in [-0.2, -0.15) is 0 Å². The zero-order valence-corrected chi connectivity index (χ0v) is 17.1. The zero-order valence-electron chi connectivity index (χ0n) is 17.1. The van der Waals surface area contributed by atoms with Gasteiger partial charge in [0.15, 0.2) is 12.6 Å². The summed E-state index contributed by atoms with van der Waals surface area (Å²) in [4.78, 5) is 24.7. The molecule has 0 radical (unpaired) electrons. The molecular formula is C21H32O6. The highest BCUT2D eigenvalue weighted by atomic mass is 16.7. The number of benzene rings is 1. The Morgan fingerprint density at radius 1 is 0.815 bits per heavy atom. The molecule has 0 saturated carbocycles. The molecule has 0 bridgehead atoms. The monoisotopic (exact) mass is 380 g/mol. The Morgan fingerprint density at radius 2 is 1.22 bits per heavy atom. The number of unbranched alkanes of at least 4 members (excludes halogenated alkanes) is 2. The highest BCUT2D eigenvalue weighted by Gasteiger charge is 2.18. The van der Waals surface area contributed by atoms with E-state index in [-0.39, 0.29) is 11.1 Å². The number of aryl methyl sites for hydroxylation is 1. The van der Waals surface area contributed by atoms with Crippen LogP contribution in [0.25, 0.3) is 0 Å². The first kappa shape index (κ1) is 23.1. The van der Waals surface area contributed by atoms with E-state index in [1.807, 2.05) is 0 Å². The van der Waals surface area contributed by atoms with Crippen molar-refractivity contribution in [1.29, 1.82) is 0 Å². The molecule has 6 nitrogen and oxygen atoms in total. The minimum absolute atomic E-state index is 0.285. The number of rotatable bonds is 12. The average molecular weight is 380 g/mol. The molecule has 0 fully saturated rings. The van der Waals surface area contributed by atoms with E-state index in [0.29, 0.717) is 13.2 Å². The van der Waals surface area contributed by atoms with E-state index < -0.39 is 24.5 Å². The summed E-state index contributed by atoms with van der Waals surface area (Å²) >= 11 is 0. The second-order valence-corrected chi connectivity index (χ2v) is 6.48. The largest absolute Gasteiger partial charge is 0.432 e. The van der Waals surface area contributed by atoms with E-state index in [1.54, 1.807) is 32.9 Å². The standard InChI is InChI=1S/C21H32O6/c1-6-8-10-24-16(4)26-20(22)18-12-15(3)13-19(14-18)21(23)27-17(5)25-11-9-7-2/h12-14,16-17H,6-11H2,1-5H3. The van der Waals surface area contributed by atoms with Gasteiger partial charge in [0.25, 0.3) is 0 Å². The fraction of sp³-hybridized carbons (Fsp3) is 0.619. The summed E-state index contributed by atoms with van der Waals surface area (Å²) in [5.74, 6) is -1.08. The van der Waals surface area contributed by atoms with Crippen molar-refractivity contribution in [2.75, 3.05) is 13.2 Å². The first-order valence-corrected chi connectivity index (χ1v) is 9.64. The minimum Gasteiger partial charge on any atom is -0.432 e. The molecule has 152 valence electrons. The van der Waals surface area contributed by atoms with Crippen LogP contribution in [0.3, 0.4) is 0 Å². The van der Waals surface area contributed by atoms with Gasteiger partial charge in [0.1, 0.15) is 0 Å². The van der Waals surface area contributed by atoms with Crippen molar-refractivity contribution in [2.24, 2.45) is 0 Å². The highest BCUT2D eigenvalue weighted by molar-refractivity contribution is 5.95. The molecule has 0 amide bonds. The summed E-state index contributed by atoms with van der Waals surface area (Å²) in [6.45, 7) is 10.3. The van der Waals surface area contributed by atoms with Gasteiger partial charge in [-0.05, 0) is 57.4 Å². The Kier molecular flexibility index (Phi) is 10.7. The van der Waals surface area contributed by atoms with Gasteiger partial charge in [-0.25, -0.2) is 9.59 Å². The first-order valence-electron chi connectivity index (χ1n) is 9.64. The topological polar surface area (TPSA) is 71.1 Å². The molecule has 0 aliphatic carbocycles. The molecule has 0 N–H and O–H groups in total. The normalized spacial score (nSPS) is 13.1. The number of hydrogen-bond donors (Lipinski definition) is 0. The molecule has 0 spiro atoms. The molecule has 1 rings (SSSR count). The lowest BCUT2D eigenvalue weighted by Gasteiger charge is -2.16. The summed E-state index contributed by atoms with van der Waals surface area (Å²) < 4.78 is 21.4. The molecule has 1 aromatic carbocycles. The van der Waals surface area contributed by atoms with E-state index in [1.165, 1.54) is 6.07 Å². The van der Waals surface area contributed by atoms with Crippen LogP contribution in [0.4, 0.5) is 0 Å². The van der Waals surface area contributed by atoms with Gasteiger partial charge in [-0.1, -0.05) is 26.7 Å². The van der Waals surface area contributed by atoms with Crippen molar-refractivity contribution in [3.63, 3.8) is 0 Å². The van der Waals surface area contributed by atoms with Crippen LogP contribution in [0.5, 0.6) is 0 Å². The molecule has 0 aliphatic heterocycles. The van der Waals surface area contributed by atoms with E-state index in [2.05, 4.69) is 13.8 Å². The minimum atomic E-state index is -0.646. The maximum Gasteiger partial charge on any atom is 0.340 e. The summed E-state index contributed by atoms with van der Waals surface area (Å²) in [5, 5.41) is 0. The van der Waals surface area contributed by atoms with E-state index in [0.717, 1.165) is 31.2 Å². The van der Waals surface area contributed by atoms with Crippen LogP contribution < -0.4 is 0 Å². The van der Waals surface area contributed by atoms with E-state index in [4.69, 9.17) is 18.9 Å². The Balaban J connectivity index is 2.69. The molecule has 0 heterocycles. The van der Waals surface area contributed by atoms with Gasteiger partial charge in [0, 0.05) is 0 Å². The molecule has 2 unspecified atom stereocenters. The maximum absolute atomic E-state index is 12.3. The van der Waals surface area contributed by atoms with Crippen molar-refractivity contribution in [1.82, 2.24) is 0 Å². The molecule has 2 atom stereocenters. The maximum atomic E-state index is 12.3. The van der Waals surface area contributed by atoms with Crippen LogP contribution in [0.1, 0.15) is 79.7 Å². The average Bonchev–Trinajstić information content (AvgIpc) is 2.61. The van der Waals surface area contributed by atoms with Gasteiger partial charge < -0.3 is 18.9 Å². The van der Waals surface area contributed by atoms with Crippen LogP contribution >= 0.6 is 0 Å². The zero-order chi connectivity index (χ0) is 20.2. The van der Waals surface area contributed by atoms with Crippen molar-refractivity contribution in [3.05, 3.63) is 34.9 Å². The van der Waals surface area contributed by atoms with Gasteiger partial charge in [0.05, 0.1) is 24.3 Å². The van der Waals surface area contributed by atoms with E-state index >= 15 is 0 Å². The lowest BCUT2D eigenvalue weighted by atomic mass is 10.1. The number of esters is 2. The van der Waals surface area contributed by atoms with Crippen LogP contribution in [0.15, 0.2) is 18.2 Å². The summed E-state index contributed by atoms with van der Waals surface area (Å²) in [6, 6.07) is 4.80. The lowest BCUT2D eigenvalue weighted by molar-refractivity contribution is -0.0987. The van der Waals surface area contributed by atoms with Crippen LogP contribution in [-0.2, 0) is 18.9 Å². The second kappa shape index (κ2) is 12.5. The predicted octanol–water partition coefficient (Wildman–Crippen LogP) is 4.63. The summed E-state index contributed by atoms with van der Waals surface area (Å²) in [6.07, 6.45) is 2.52. The molecule has 1 aromatic rings. The van der Waals surface area contributed by atoms with Crippen LogP contribution in [-0.4, -0.2) is 37.7 Å². The van der Waals surface area contributed by atoms with Crippen LogP contribution in [0, 0.1) is 6.92 Å². The van der Waals surface area contributed by atoms with Gasteiger partial charge >= 0.3 is 11.9 Å². The molecule has 6 heteroatoms. The summed E-state index contributed by atoms with van der Waals surface area (Å²) in [5.41, 5.74) is 1.33. The van der Waals surface area contributed by atoms with Gasteiger partial charge in [0.2, 0.25) is 0 Å². The molecule has 0 aliphatic rings. The van der Waals surface area contributed by atoms with Crippen molar-refractivity contribution >= 4 is 11.9 Å². The quantitative estimate of drug-likeness (QED) is 0.299. The Bertz CT molecular complexity index is 550. The molecule has 27 heavy (non-hydrogen) atoms. The third kappa shape index (κ3) is 9.02. The lowest BCUT2D eigenvalue weighted by Crippen LogP contribution is -2.21. The number of carbonyl (C=O) groups is 2. The van der Waals surface area contributed by atoms with Gasteiger partial charge in [-0.3, -0.25) is 0 Å². The number of carbonyl (C=O) groups excluding carboxylic acids is 2. The number of ether oxygens (including phenoxy) is 4. The first-order chi connectivity index (χ1) is 12.9. The van der Waals surface area contributed by atoms with Crippen LogP contribution in [0.2, 0.25) is 0 Å². The van der Waals surface area contributed by atoms with Crippen molar-refractivity contribution in [3.8, 4) is 0 Å². The predicted molar refractivity (Wildman–Crippen MR) is 103 cm³/mol. The molecule has 0 aromatic heterocycles. The Hall–Kier alpha value is -1.92. The fourth-order valence-electron chi connectivity index (χ4n) is 2.31. The van der Waals surface area contributed by atoms with Crippen molar-refractivity contribution in [2.45, 2.75) is 72.9 Å². The number of hydrogen-bond acceptors (Lipinski definition) is 6. The second-order valence-electron chi connectivity index (χ2n) is 6.48. The molecular weight excluding hydrogens is 348 g/mol. The SMILES string of the molecule is CCCCOC(C)OC(=O)c1cc(C)cc(C(=O)OC(C)OCCCC)c1. The fourth-order valence-corrected chi connectivity index (χ4v) is 2.31. The van der Waals surface area contributed by atoms with E-state index in [9.17, 15) is 9.59 Å². The summed E-state index contributed by atoms with van der Waals surface area (Å²) in [7, 11) is 0. The third-order valence-electron chi connectivity index (χ3n) is 3.80. The smallest absolute Gasteiger partial charge is 0.340 e. The molecule has 0 saturated heterocycles. The highest BCUT2D eigenvalue weighted by Crippen LogP contribution is 2.14. The third-order valence-corrected chi connectivity index (χ3v) is 3.80. The van der Waals surface area contributed by atoms with Crippen molar-refractivity contribution < 1.29 is 28.5 Å². The Labute approximate surface area is 162 Å². The van der Waals surface area contributed by atoms with Gasteiger partial charge in [-0.15, -0.1) is 0 Å². The Morgan fingerprint density at radius 3 is 1.59 bits per heavy atom.